The van der Waals surface area contributed by atoms with Crippen LogP contribution in [-0.2, 0) is 9.59 Å². The molecule has 2 heterocycles. The molecule has 13 nitrogen and oxygen atoms in total. The van der Waals surface area contributed by atoms with Crippen LogP contribution in [0.15, 0.2) is 85.2 Å². The fraction of sp³-hybridized carbons (Fsp3) is 0.368. The van der Waals surface area contributed by atoms with Gasteiger partial charge in [-0.2, -0.15) is 13.2 Å². The number of hydrogen-bond donors (Lipinski definition) is 3. The zero-order chi connectivity index (χ0) is 40.3. The Kier molecular flexibility index (Phi) is 18.4. The number of benzene rings is 2. The summed E-state index contributed by atoms with van der Waals surface area (Å²) in [6.07, 6.45) is -1.57. The number of nitrogens with zero attached hydrogens (tertiary/aromatic N) is 2. The molecule has 1 amide bonds. The standard InChI is InChI=1S/C19H24N2O4.C17H22N2O3.C2HF3O2/c1-13(2)24-18-9-10-19(20-11-18)25-17-7-5-16(6-8-17)23-12-14(3)21-15(4)22;1-12(2)21-16-8-9-17(19-10-16)22-15-6-4-14(5-7-15)20-11-13(3)18;3-2(4,5)1(6)7/h5-11,13-14H,12H2,1-4H3,(H,21,22);4-10,12-13H,11,18H2,1-3H3;(H,6,7). The number of carboxylic acid groups (broad SMARTS) is 1. The van der Waals surface area contributed by atoms with Gasteiger partial charge in [-0.15, -0.1) is 0 Å². The van der Waals surface area contributed by atoms with Gasteiger partial charge in [0.15, 0.2) is 0 Å². The second kappa shape index (κ2) is 22.3. The summed E-state index contributed by atoms with van der Waals surface area (Å²) in [6.45, 7) is 14.0. The summed E-state index contributed by atoms with van der Waals surface area (Å²) in [6, 6.07) is 21.7. The summed E-state index contributed by atoms with van der Waals surface area (Å²) in [5.74, 6) is 2.43. The molecule has 0 fully saturated rings. The molecule has 0 aliphatic heterocycles. The van der Waals surface area contributed by atoms with Gasteiger partial charge in [0, 0.05) is 25.1 Å². The maximum Gasteiger partial charge on any atom is 0.490 e. The van der Waals surface area contributed by atoms with Gasteiger partial charge in [-0.1, -0.05) is 0 Å². The molecule has 2 aromatic carbocycles. The van der Waals surface area contributed by atoms with Crippen molar-refractivity contribution in [1.82, 2.24) is 15.3 Å². The second-order valence-electron chi connectivity index (χ2n) is 12.1. The number of ether oxygens (including phenoxy) is 6. The predicted octanol–water partition coefficient (Wildman–Crippen LogP) is 7.58. The topological polar surface area (TPSA) is 174 Å². The molecule has 4 aromatic rings. The minimum Gasteiger partial charge on any atom is -0.492 e. The van der Waals surface area contributed by atoms with Gasteiger partial charge in [-0.3, -0.25) is 4.79 Å². The number of halogens is 3. The Morgan fingerprint density at radius 3 is 1.31 bits per heavy atom. The summed E-state index contributed by atoms with van der Waals surface area (Å²) in [5.41, 5.74) is 5.65. The van der Waals surface area contributed by atoms with Gasteiger partial charge in [-0.25, -0.2) is 14.8 Å². The molecular formula is C38H47F3N4O9. The lowest BCUT2D eigenvalue weighted by atomic mass is 10.3. The highest BCUT2D eigenvalue weighted by molar-refractivity contribution is 5.73. The fourth-order valence-electron chi connectivity index (χ4n) is 3.82. The van der Waals surface area contributed by atoms with Gasteiger partial charge in [-0.05, 0) is 102 Å². The van der Waals surface area contributed by atoms with Crippen molar-refractivity contribution in [1.29, 1.82) is 0 Å². The number of amides is 1. The Hall–Kier alpha value is -5.77. The molecule has 54 heavy (non-hydrogen) atoms. The van der Waals surface area contributed by atoms with Crippen LogP contribution in [0.25, 0.3) is 0 Å². The fourth-order valence-corrected chi connectivity index (χ4v) is 3.82. The molecule has 0 saturated heterocycles. The number of nitrogens with two attached hydrogens (primary N) is 1. The normalized spacial score (nSPS) is 11.8. The highest BCUT2D eigenvalue weighted by atomic mass is 19.4. The minimum absolute atomic E-state index is 0.00620. The van der Waals surface area contributed by atoms with E-state index in [1.54, 1.807) is 36.7 Å². The Bertz CT molecular complexity index is 1670. The van der Waals surface area contributed by atoms with Gasteiger partial charge in [0.2, 0.25) is 17.7 Å². The number of pyridine rings is 2. The Morgan fingerprint density at radius 1 is 0.667 bits per heavy atom. The smallest absolute Gasteiger partial charge is 0.490 e. The molecule has 0 aliphatic carbocycles. The first-order valence-electron chi connectivity index (χ1n) is 16.8. The summed E-state index contributed by atoms with van der Waals surface area (Å²) < 4.78 is 65.3. The Morgan fingerprint density at radius 2 is 1.02 bits per heavy atom. The summed E-state index contributed by atoms with van der Waals surface area (Å²) >= 11 is 0. The zero-order valence-corrected chi connectivity index (χ0v) is 31.1. The van der Waals surface area contributed by atoms with Crippen LogP contribution in [0.1, 0.15) is 48.5 Å². The van der Waals surface area contributed by atoms with E-state index in [-0.39, 0.29) is 30.2 Å². The van der Waals surface area contributed by atoms with Gasteiger partial charge >= 0.3 is 12.1 Å². The van der Waals surface area contributed by atoms with Crippen LogP contribution >= 0.6 is 0 Å². The Balaban J connectivity index is 0.000000320. The molecule has 4 rings (SSSR count). The van der Waals surface area contributed by atoms with E-state index in [1.165, 1.54) is 6.92 Å². The van der Waals surface area contributed by atoms with Crippen LogP contribution in [0.5, 0.6) is 46.3 Å². The third-order valence-corrected chi connectivity index (χ3v) is 5.96. The number of rotatable bonds is 15. The van der Waals surface area contributed by atoms with Crippen molar-refractivity contribution in [3.8, 4) is 46.3 Å². The molecular weight excluding hydrogens is 713 g/mol. The van der Waals surface area contributed by atoms with E-state index >= 15 is 0 Å². The van der Waals surface area contributed by atoms with Gasteiger partial charge in [0.1, 0.15) is 47.7 Å². The molecule has 0 bridgehead atoms. The lowest BCUT2D eigenvalue weighted by molar-refractivity contribution is -0.192. The van der Waals surface area contributed by atoms with E-state index in [0.29, 0.717) is 48.0 Å². The molecule has 0 radical (unpaired) electrons. The van der Waals surface area contributed by atoms with Crippen molar-refractivity contribution < 1.29 is 56.3 Å². The highest BCUT2D eigenvalue weighted by Crippen LogP contribution is 2.25. The highest BCUT2D eigenvalue weighted by Gasteiger charge is 2.38. The van der Waals surface area contributed by atoms with Crippen molar-refractivity contribution in [3.63, 3.8) is 0 Å². The maximum absolute atomic E-state index is 11.0. The van der Waals surface area contributed by atoms with Crippen LogP contribution in [0.2, 0.25) is 0 Å². The van der Waals surface area contributed by atoms with Crippen molar-refractivity contribution in [2.24, 2.45) is 5.73 Å². The van der Waals surface area contributed by atoms with E-state index in [0.717, 1.165) is 11.5 Å². The second-order valence-corrected chi connectivity index (χ2v) is 12.1. The Labute approximate surface area is 312 Å². The third kappa shape index (κ3) is 19.2. The lowest BCUT2D eigenvalue weighted by Gasteiger charge is -2.14. The quantitative estimate of drug-likeness (QED) is 0.109. The minimum atomic E-state index is -5.08. The molecule has 2 atom stereocenters. The van der Waals surface area contributed by atoms with Crippen LogP contribution in [0.4, 0.5) is 13.2 Å². The van der Waals surface area contributed by atoms with E-state index in [2.05, 4.69) is 15.3 Å². The molecule has 16 heteroatoms. The van der Waals surface area contributed by atoms with E-state index in [4.69, 9.17) is 44.1 Å². The molecule has 2 aromatic heterocycles. The van der Waals surface area contributed by atoms with Crippen molar-refractivity contribution in [2.45, 2.75) is 78.9 Å². The first-order valence-corrected chi connectivity index (χ1v) is 16.8. The van der Waals surface area contributed by atoms with Crippen LogP contribution < -0.4 is 39.5 Å². The first kappa shape index (κ1) is 44.4. The molecule has 0 spiro atoms. The molecule has 294 valence electrons. The number of carbonyl (C=O) groups excluding carboxylic acids is 1. The number of aliphatic carboxylic acids is 1. The van der Waals surface area contributed by atoms with E-state index in [9.17, 15) is 18.0 Å². The SMILES string of the molecule is CC(=O)NC(C)COc1ccc(Oc2ccc(OC(C)C)cn2)cc1.CC(N)COc1ccc(Oc2ccc(OC(C)C)cn2)cc1.O=C(O)C(F)(F)F. The molecule has 4 N–H and O–H groups in total. The summed E-state index contributed by atoms with van der Waals surface area (Å²) in [7, 11) is 0. The average molecular weight is 761 g/mol. The number of aromatic nitrogens is 2. The molecule has 0 aliphatic rings. The number of nitrogens with one attached hydrogen (secondary N) is 1. The van der Waals surface area contributed by atoms with Gasteiger partial charge < -0.3 is 44.6 Å². The van der Waals surface area contributed by atoms with E-state index < -0.39 is 12.1 Å². The van der Waals surface area contributed by atoms with Gasteiger partial charge in [0.05, 0.1) is 30.6 Å². The predicted molar refractivity (Wildman–Crippen MR) is 195 cm³/mol. The third-order valence-electron chi connectivity index (χ3n) is 5.96. The van der Waals surface area contributed by atoms with E-state index in [1.807, 2.05) is 90.1 Å². The average Bonchev–Trinajstić information content (AvgIpc) is 3.09. The largest absolute Gasteiger partial charge is 0.492 e. The van der Waals surface area contributed by atoms with Crippen LogP contribution in [-0.4, -0.2) is 70.6 Å². The van der Waals surface area contributed by atoms with Crippen LogP contribution in [0, 0.1) is 0 Å². The number of hydrogen-bond acceptors (Lipinski definition) is 11. The number of carbonyl (C=O) groups is 2. The first-order chi connectivity index (χ1) is 25.4. The van der Waals surface area contributed by atoms with Gasteiger partial charge in [0.25, 0.3) is 0 Å². The monoisotopic (exact) mass is 760 g/mol. The van der Waals surface area contributed by atoms with Crippen molar-refractivity contribution in [3.05, 3.63) is 85.2 Å². The number of carboxylic acids is 1. The van der Waals surface area contributed by atoms with Crippen molar-refractivity contribution in [2.75, 3.05) is 13.2 Å². The summed E-state index contributed by atoms with van der Waals surface area (Å²) in [4.78, 5) is 28.3. The number of alkyl halides is 3. The lowest BCUT2D eigenvalue weighted by Crippen LogP contribution is -2.35. The van der Waals surface area contributed by atoms with Crippen LogP contribution in [0.3, 0.4) is 0 Å². The maximum atomic E-state index is 11.0. The summed E-state index contributed by atoms with van der Waals surface area (Å²) in [5, 5.41) is 9.89. The van der Waals surface area contributed by atoms with Crippen molar-refractivity contribution >= 4 is 11.9 Å². The molecule has 0 saturated carbocycles. The zero-order valence-electron chi connectivity index (χ0n) is 31.1. The molecule has 2 unspecified atom stereocenters.